The van der Waals surface area contributed by atoms with Crippen LogP contribution >= 0.6 is 0 Å². The first kappa shape index (κ1) is 21.6. The van der Waals surface area contributed by atoms with Crippen LogP contribution in [-0.4, -0.2) is 64.5 Å². The molecule has 0 N–H and O–H groups in total. The number of hydrogen-bond donors (Lipinski definition) is 0. The number of hydrogen-bond acceptors (Lipinski definition) is 6. The average molecular weight is 446 g/mol. The van der Waals surface area contributed by atoms with Gasteiger partial charge in [-0.3, -0.25) is 4.79 Å². The van der Waals surface area contributed by atoms with Crippen LogP contribution in [0.1, 0.15) is 24.3 Å². The number of ether oxygens (including phenoxy) is 3. The van der Waals surface area contributed by atoms with E-state index in [0.29, 0.717) is 37.7 Å². The van der Waals surface area contributed by atoms with Crippen molar-refractivity contribution in [3.05, 3.63) is 54.1 Å². The number of carbonyl (C=O) groups excluding carboxylic acids is 1. The highest BCUT2D eigenvalue weighted by Gasteiger charge is 2.32. The molecular weight excluding hydrogens is 418 g/mol. The van der Waals surface area contributed by atoms with Gasteiger partial charge in [-0.2, -0.15) is 0 Å². The van der Waals surface area contributed by atoms with Crippen LogP contribution in [0.5, 0.6) is 11.5 Å². The molecule has 2 saturated heterocycles. The molecule has 0 aromatic heterocycles. The summed E-state index contributed by atoms with van der Waals surface area (Å²) in [6.45, 7) is 1.91. The monoisotopic (exact) mass is 445 g/mol. The number of rotatable bonds is 8. The highest BCUT2D eigenvalue weighted by atomic mass is 32.2. The zero-order valence-electron chi connectivity index (χ0n) is 17.5. The second-order valence-corrected chi connectivity index (χ2v) is 10.00. The molecule has 0 radical (unpaired) electrons. The lowest BCUT2D eigenvalue weighted by Gasteiger charge is -2.19. The van der Waals surface area contributed by atoms with Crippen molar-refractivity contribution in [3.8, 4) is 11.5 Å². The van der Waals surface area contributed by atoms with Gasteiger partial charge in [0.25, 0.3) is 0 Å². The summed E-state index contributed by atoms with van der Waals surface area (Å²) >= 11 is 0. The SMILES string of the molecule is COc1ccc([C@@H]2CC(=O)N(CCS(=O)(=O)c3ccccc3)C2)cc1OC1CCOC1. The van der Waals surface area contributed by atoms with E-state index in [0.717, 1.165) is 12.0 Å². The van der Waals surface area contributed by atoms with Crippen LogP contribution in [0, 0.1) is 0 Å². The fraction of sp³-hybridized carbons (Fsp3) is 0.435. The predicted octanol–water partition coefficient (Wildman–Crippen LogP) is 2.65. The number of amides is 1. The largest absolute Gasteiger partial charge is 0.493 e. The quantitative estimate of drug-likeness (QED) is 0.621. The maximum Gasteiger partial charge on any atom is 0.223 e. The second kappa shape index (κ2) is 9.28. The van der Waals surface area contributed by atoms with Crippen LogP contribution in [0.3, 0.4) is 0 Å². The molecule has 2 aliphatic heterocycles. The molecule has 2 atom stereocenters. The Labute approximate surface area is 182 Å². The molecule has 8 heteroatoms. The Morgan fingerprint density at radius 3 is 2.65 bits per heavy atom. The first-order chi connectivity index (χ1) is 15.0. The van der Waals surface area contributed by atoms with Crippen molar-refractivity contribution >= 4 is 15.7 Å². The molecule has 31 heavy (non-hydrogen) atoms. The van der Waals surface area contributed by atoms with Crippen LogP contribution in [0.25, 0.3) is 0 Å². The Kier molecular flexibility index (Phi) is 6.48. The molecule has 2 aliphatic rings. The van der Waals surface area contributed by atoms with Crippen LogP contribution in [0.4, 0.5) is 0 Å². The van der Waals surface area contributed by atoms with Gasteiger partial charge >= 0.3 is 0 Å². The Morgan fingerprint density at radius 1 is 1.13 bits per heavy atom. The van der Waals surface area contributed by atoms with Gasteiger partial charge < -0.3 is 19.1 Å². The standard InChI is InChI=1S/C23H27NO6S/c1-28-21-8-7-17(13-22(21)30-19-9-11-29-16-19)18-14-23(25)24(15-18)10-12-31(26,27)20-5-3-2-4-6-20/h2-8,13,18-19H,9-12,14-16H2,1H3/t18-,19?/m1/s1. The summed E-state index contributed by atoms with van der Waals surface area (Å²) in [7, 11) is -1.83. The minimum absolute atomic E-state index is 0.00551. The minimum atomic E-state index is -3.42. The number of methoxy groups -OCH3 is 1. The van der Waals surface area contributed by atoms with Gasteiger partial charge in [0.15, 0.2) is 21.3 Å². The van der Waals surface area contributed by atoms with E-state index in [1.54, 1.807) is 42.3 Å². The van der Waals surface area contributed by atoms with Crippen molar-refractivity contribution in [2.45, 2.75) is 29.8 Å². The average Bonchev–Trinajstić information content (AvgIpc) is 3.42. The summed E-state index contributed by atoms with van der Waals surface area (Å²) in [5.74, 6) is 1.16. The highest BCUT2D eigenvalue weighted by Crippen LogP contribution is 2.36. The molecule has 2 fully saturated rings. The first-order valence-electron chi connectivity index (χ1n) is 10.4. The van der Waals surface area contributed by atoms with E-state index in [1.165, 1.54) is 0 Å². The normalized spacial score (nSPS) is 21.5. The van der Waals surface area contributed by atoms with Gasteiger partial charge in [-0.15, -0.1) is 0 Å². The summed E-state index contributed by atoms with van der Waals surface area (Å²) in [5, 5.41) is 0. The zero-order valence-corrected chi connectivity index (χ0v) is 18.3. The van der Waals surface area contributed by atoms with Gasteiger partial charge in [0.05, 0.1) is 31.0 Å². The third-order valence-corrected chi connectivity index (χ3v) is 7.50. The molecular formula is C23H27NO6S. The number of carbonyl (C=O) groups is 1. The topological polar surface area (TPSA) is 82.1 Å². The fourth-order valence-corrected chi connectivity index (χ4v) is 5.28. The van der Waals surface area contributed by atoms with Crippen molar-refractivity contribution in [2.75, 3.05) is 39.2 Å². The van der Waals surface area contributed by atoms with E-state index in [4.69, 9.17) is 14.2 Å². The van der Waals surface area contributed by atoms with E-state index in [1.807, 2.05) is 18.2 Å². The minimum Gasteiger partial charge on any atom is -0.493 e. The number of sulfone groups is 1. The molecule has 0 bridgehead atoms. The van der Waals surface area contributed by atoms with Crippen molar-refractivity contribution < 1.29 is 27.4 Å². The molecule has 1 amide bonds. The molecule has 2 aromatic carbocycles. The maximum atomic E-state index is 12.6. The van der Waals surface area contributed by atoms with Crippen LogP contribution in [0.2, 0.25) is 0 Å². The number of nitrogens with zero attached hydrogens (tertiary/aromatic N) is 1. The number of likely N-dealkylation sites (tertiary alicyclic amines) is 1. The van der Waals surface area contributed by atoms with Gasteiger partial charge in [0, 0.05) is 31.8 Å². The lowest BCUT2D eigenvalue weighted by molar-refractivity contribution is -0.127. The summed E-state index contributed by atoms with van der Waals surface area (Å²) in [6, 6.07) is 14.1. The molecule has 2 aromatic rings. The van der Waals surface area contributed by atoms with Gasteiger partial charge in [-0.1, -0.05) is 24.3 Å². The molecule has 0 spiro atoms. The van der Waals surface area contributed by atoms with E-state index in [2.05, 4.69) is 0 Å². The van der Waals surface area contributed by atoms with Crippen LogP contribution in [0.15, 0.2) is 53.4 Å². The van der Waals surface area contributed by atoms with Crippen molar-refractivity contribution in [1.29, 1.82) is 0 Å². The summed E-state index contributed by atoms with van der Waals surface area (Å²) in [6.07, 6.45) is 1.18. The second-order valence-electron chi connectivity index (χ2n) is 7.89. The molecule has 0 saturated carbocycles. The predicted molar refractivity (Wildman–Crippen MR) is 115 cm³/mol. The Bertz CT molecular complexity index is 1020. The maximum absolute atomic E-state index is 12.6. The van der Waals surface area contributed by atoms with Crippen molar-refractivity contribution in [3.63, 3.8) is 0 Å². The van der Waals surface area contributed by atoms with Gasteiger partial charge in [0.1, 0.15) is 6.10 Å². The molecule has 166 valence electrons. The van der Waals surface area contributed by atoms with Gasteiger partial charge in [0.2, 0.25) is 5.91 Å². The van der Waals surface area contributed by atoms with Gasteiger partial charge in [-0.25, -0.2) is 8.42 Å². The summed E-state index contributed by atoms with van der Waals surface area (Å²) in [4.78, 5) is 14.5. The lowest BCUT2D eigenvalue weighted by atomic mass is 9.98. The summed E-state index contributed by atoms with van der Waals surface area (Å²) < 4.78 is 42.0. The van der Waals surface area contributed by atoms with Crippen molar-refractivity contribution in [1.82, 2.24) is 4.90 Å². The Morgan fingerprint density at radius 2 is 1.94 bits per heavy atom. The van der Waals surface area contributed by atoms with Crippen LogP contribution in [-0.2, 0) is 19.4 Å². The third-order valence-electron chi connectivity index (χ3n) is 5.79. The van der Waals surface area contributed by atoms with Gasteiger partial charge in [-0.05, 0) is 29.8 Å². The first-order valence-corrected chi connectivity index (χ1v) is 12.1. The third kappa shape index (κ3) is 5.02. The van der Waals surface area contributed by atoms with E-state index in [9.17, 15) is 13.2 Å². The van der Waals surface area contributed by atoms with E-state index < -0.39 is 9.84 Å². The lowest BCUT2D eigenvalue weighted by Crippen LogP contribution is -2.30. The fourth-order valence-electron chi connectivity index (χ4n) is 4.01. The molecule has 1 unspecified atom stereocenters. The van der Waals surface area contributed by atoms with Crippen LogP contribution < -0.4 is 9.47 Å². The highest BCUT2D eigenvalue weighted by molar-refractivity contribution is 7.91. The molecule has 7 nitrogen and oxygen atoms in total. The Balaban J connectivity index is 1.43. The van der Waals surface area contributed by atoms with E-state index >= 15 is 0 Å². The summed E-state index contributed by atoms with van der Waals surface area (Å²) in [5.41, 5.74) is 0.983. The molecule has 4 rings (SSSR count). The smallest absolute Gasteiger partial charge is 0.223 e. The number of benzene rings is 2. The Hall–Kier alpha value is -2.58. The van der Waals surface area contributed by atoms with E-state index in [-0.39, 0.29) is 35.1 Å². The zero-order chi connectivity index (χ0) is 21.8. The molecule has 2 heterocycles. The van der Waals surface area contributed by atoms with Crippen molar-refractivity contribution in [2.24, 2.45) is 0 Å². The molecule has 0 aliphatic carbocycles.